The fraction of sp³-hybridized carbons (Fsp3) is 0.300. The number of Topliss-reactive ketones (excluding diaryl/α,β-unsaturated/α-hetero) is 1. The third-order valence-electron chi connectivity index (χ3n) is 1.46. The highest BCUT2D eigenvalue weighted by molar-refractivity contribution is 5.89. The number of carbonyl (C=O) groups excluding carboxylic acids is 1. The number of hydrogen-bond acceptors (Lipinski definition) is 1. The maximum Gasteiger partial charge on any atom is 0.459 e. The molecule has 1 aromatic rings. The van der Waals surface area contributed by atoms with Gasteiger partial charge in [-0.2, -0.15) is 26.3 Å². The zero-order chi connectivity index (χ0) is 13.7. The van der Waals surface area contributed by atoms with Gasteiger partial charge in [0.15, 0.2) is 0 Å². The standard InChI is InChI=1S/C7H8.C3F6O.H2O/c1-7-5-3-2-4-6-7;4-2(5,6)1(10)3(7,8)9;/h2-6H,1H3;;1H2. The van der Waals surface area contributed by atoms with Crippen LogP contribution in [-0.4, -0.2) is 23.6 Å². The highest BCUT2D eigenvalue weighted by Gasteiger charge is 2.55. The molecule has 0 fully saturated rings. The van der Waals surface area contributed by atoms with E-state index >= 15 is 0 Å². The summed E-state index contributed by atoms with van der Waals surface area (Å²) in [6.45, 7) is 2.08. The Bertz CT molecular complexity index is 339. The molecule has 2 N–H and O–H groups in total. The van der Waals surface area contributed by atoms with Gasteiger partial charge in [0.1, 0.15) is 0 Å². The molecule has 0 amide bonds. The van der Waals surface area contributed by atoms with Crippen molar-refractivity contribution in [3.8, 4) is 0 Å². The van der Waals surface area contributed by atoms with E-state index in [1.807, 2.05) is 18.2 Å². The first-order valence-corrected chi connectivity index (χ1v) is 4.25. The van der Waals surface area contributed by atoms with Crippen LogP contribution < -0.4 is 0 Å². The molecule has 0 saturated carbocycles. The molecule has 0 aliphatic carbocycles. The summed E-state index contributed by atoms with van der Waals surface area (Å²) >= 11 is 0. The van der Waals surface area contributed by atoms with Crippen LogP contribution in [0.2, 0.25) is 0 Å². The lowest BCUT2D eigenvalue weighted by atomic mass is 10.2. The van der Waals surface area contributed by atoms with E-state index in [0.717, 1.165) is 0 Å². The Labute approximate surface area is 98.5 Å². The molecule has 0 aliphatic rings. The molecule has 18 heavy (non-hydrogen) atoms. The molecule has 0 bridgehead atoms. The van der Waals surface area contributed by atoms with Crippen LogP contribution in [-0.2, 0) is 4.79 Å². The lowest BCUT2D eigenvalue weighted by Crippen LogP contribution is -2.36. The number of aryl methyl sites for hydroxylation is 1. The van der Waals surface area contributed by atoms with E-state index in [-0.39, 0.29) is 5.48 Å². The Morgan fingerprint density at radius 3 is 1.33 bits per heavy atom. The average Bonchev–Trinajstić information content (AvgIpc) is 2.16. The summed E-state index contributed by atoms with van der Waals surface area (Å²) in [5.74, 6) is -3.68. The monoisotopic (exact) mass is 276 g/mol. The van der Waals surface area contributed by atoms with Gasteiger partial charge in [-0.05, 0) is 6.92 Å². The van der Waals surface area contributed by atoms with Crippen molar-refractivity contribution in [3.05, 3.63) is 35.9 Å². The van der Waals surface area contributed by atoms with Crippen molar-refractivity contribution >= 4 is 5.78 Å². The molecule has 104 valence electrons. The summed E-state index contributed by atoms with van der Waals surface area (Å²) in [6, 6.07) is 10.3. The van der Waals surface area contributed by atoms with Crippen LogP contribution >= 0.6 is 0 Å². The van der Waals surface area contributed by atoms with E-state index in [1.165, 1.54) is 5.56 Å². The molecule has 1 aromatic carbocycles. The van der Waals surface area contributed by atoms with Gasteiger partial charge in [-0.1, -0.05) is 35.9 Å². The highest BCUT2D eigenvalue weighted by atomic mass is 19.4. The molecule has 0 aromatic heterocycles. The second kappa shape index (κ2) is 7.00. The molecule has 2 nitrogen and oxygen atoms in total. The summed E-state index contributed by atoms with van der Waals surface area (Å²) in [5.41, 5.74) is 1.32. The van der Waals surface area contributed by atoms with E-state index < -0.39 is 18.1 Å². The molecule has 1 rings (SSSR count). The van der Waals surface area contributed by atoms with Crippen molar-refractivity contribution < 1.29 is 36.6 Å². The maximum atomic E-state index is 10.9. The number of benzene rings is 1. The van der Waals surface area contributed by atoms with Crippen LogP contribution in [0.25, 0.3) is 0 Å². The minimum absolute atomic E-state index is 0. The van der Waals surface area contributed by atoms with E-state index in [9.17, 15) is 31.1 Å². The lowest BCUT2D eigenvalue weighted by Gasteiger charge is -2.06. The first-order valence-electron chi connectivity index (χ1n) is 4.25. The Morgan fingerprint density at radius 1 is 0.889 bits per heavy atom. The van der Waals surface area contributed by atoms with Crippen LogP contribution in [0, 0.1) is 6.92 Å². The van der Waals surface area contributed by atoms with Crippen molar-refractivity contribution in [3.63, 3.8) is 0 Å². The molecule has 0 unspecified atom stereocenters. The van der Waals surface area contributed by atoms with Crippen molar-refractivity contribution in [2.24, 2.45) is 0 Å². The van der Waals surface area contributed by atoms with Gasteiger partial charge in [-0.15, -0.1) is 0 Å². The van der Waals surface area contributed by atoms with Gasteiger partial charge in [-0.25, -0.2) is 0 Å². The second-order valence-corrected chi connectivity index (χ2v) is 2.98. The molecular weight excluding hydrogens is 266 g/mol. The van der Waals surface area contributed by atoms with Crippen LogP contribution in [0.15, 0.2) is 30.3 Å². The topological polar surface area (TPSA) is 48.6 Å². The van der Waals surface area contributed by atoms with Crippen molar-refractivity contribution in [1.82, 2.24) is 0 Å². The fourth-order valence-electron chi connectivity index (χ4n) is 0.695. The van der Waals surface area contributed by atoms with Gasteiger partial charge in [0.25, 0.3) is 0 Å². The quantitative estimate of drug-likeness (QED) is 0.672. The second-order valence-electron chi connectivity index (χ2n) is 2.98. The summed E-state index contributed by atoms with van der Waals surface area (Å²) < 4.78 is 65.3. The summed E-state index contributed by atoms with van der Waals surface area (Å²) in [5, 5.41) is 0. The first-order chi connectivity index (χ1) is 7.55. The summed E-state index contributed by atoms with van der Waals surface area (Å²) in [4.78, 5) is 9.24. The van der Waals surface area contributed by atoms with Crippen LogP contribution in [0.1, 0.15) is 5.56 Å². The third kappa shape index (κ3) is 7.66. The Balaban J connectivity index is 0. The number of rotatable bonds is 0. The minimum atomic E-state index is -5.82. The Kier molecular flexibility index (Phi) is 7.30. The summed E-state index contributed by atoms with van der Waals surface area (Å²) in [7, 11) is 0. The average molecular weight is 276 g/mol. The molecule has 0 heterocycles. The predicted molar refractivity (Wildman–Crippen MR) is 51.9 cm³/mol. The van der Waals surface area contributed by atoms with Crippen molar-refractivity contribution in [2.75, 3.05) is 0 Å². The molecule has 0 saturated heterocycles. The first kappa shape index (κ1) is 18.8. The number of halogens is 6. The SMILES string of the molecule is Cc1ccccc1.O.O=C(C(F)(F)F)C(F)(F)F. The van der Waals surface area contributed by atoms with Gasteiger partial charge >= 0.3 is 18.1 Å². The van der Waals surface area contributed by atoms with E-state index in [0.29, 0.717) is 0 Å². The van der Waals surface area contributed by atoms with Crippen LogP contribution in [0.5, 0.6) is 0 Å². The third-order valence-corrected chi connectivity index (χ3v) is 1.46. The van der Waals surface area contributed by atoms with Crippen LogP contribution in [0.3, 0.4) is 0 Å². The van der Waals surface area contributed by atoms with Crippen molar-refractivity contribution in [2.45, 2.75) is 19.3 Å². The number of ketones is 1. The van der Waals surface area contributed by atoms with Gasteiger partial charge in [0.2, 0.25) is 0 Å². The smallest absolute Gasteiger partial charge is 0.412 e. The van der Waals surface area contributed by atoms with E-state index in [2.05, 4.69) is 19.1 Å². The van der Waals surface area contributed by atoms with Gasteiger partial charge in [0, 0.05) is 0 Å². The van der Waals surface area contributed by atoms with Crippen LogP contribution in [0.4, 0.5) is 26.3 Å². The lowest BCUT2D eigenvalue weighted by molar-refractivity contribution is -0.217. The number of carbonyl (C=O) groups is 1. The summed E-state index contributed by atoms with van der Waals surface area (Å²) in [6.07, 6.45) is -11.6. The van der Waals surface area contributed by atoms with E-state index in [4.69, 9.17) is 0 Å². The zero-order valence-corrected chi connectivity index (χ0v) is 9.06. The number of hydrogen-bond donors (Lipinski definition) is 0. The van der Waals surface area contributed by atoms with Gasteiger partial charge < -0.3 is 5.48 Å². The highest BCUT2D eigenvalue weighted by Crippen LogP contribution is 2.28. The normalized spacial score (nSPS) is 10.8. The largest absolute Gasteiger partial charge is 0.459 e. The maximum absolute atomic E-state index is 10.9. The van der Waals surface area contributed by atoms with Gasteiger partial charge in [0.05, 0.1) is 0 Å². The van der Waals surface area contributed by atoms with Gasteiger partial charge in [-0.3, -0.25) is 4.79 Å². The molecule has 0 atom stereocenters. The minimum Gasteiger partial charge on any atom is -0.412 e. The Morgan fingerprint density at radius 2 is 1.22 bits per heavy atom. The molecule has 0 spiro atoms. The molecule has 0 aliphatic heterocycles. The Hall–Kier alpha value is -1.57. The van der Waals surface area contributed by atoms with Crippen molar-refractivity contribution in [1.29, 1.82) is 0 Å². The number of alkyl halides is 6. The molecule has 8 heteroatoms. The van der Waals surface area contributed by atoms with E-state index in [1.54, 1.807) is 0 Å². The molecule has 0 radical (unpaired) electrons. The zero-order valence-electron chi connectivity index (χ0n) is 9.06. The predicted octanol–water partition coefficient (Wildman–Crippen LogP) is 2.85. The fourth-order valence-corrected chi connectivity index (χ4v) is 0.695. The molecular formula is C10H10F6O2.